The average molecular weight is 242 g/mol. The fraction of sp³-hybridized carbons (Fsp3) is 0.500. The summed E-state index contributed by atoms with van der Waals surface area (Å²) in [5, 5.41) is 0.629. The van der Waals surface area contributed by atoms with Gasteiger partial charge in [0.15, 0.2) is 11.5 Å². The van der Waals surface area contributed by atoms with Crippen molar-refractivity contribution < 1.29 is 9.47 Å². The summed E-state index contributed by atoms with van der Waals surface area (Å²) < 4.78 is 10.6. The summed E-state index contributed by atoms with van der Waals surface area (Å²) in [5.41, 5.74) is 6.95. The van der Waals surface area contributed by atoms with Crippen LogP contribution in [0.5, 0.6) is 11.5 Å². The van der Waals surface area contributed by atoms with Gasteiger partial charge in [0.2, 0.25) is 0 Å². The Morgan fingerprint density at radius 3 is 2.38 bits per heavy atom. The van der Waals surface area contributed by atoms with Crippen molar-refractivity contribution in [1.82, 2.24) is 0 Å². The van der Waals surface area contributed by atoms with Gasteiger partial charge in [0.25, 0.3) is 0 Å². The van der Waals surface area contributed by atoms with Gasteiger partial charge in [0, 0.05) is 22.2 Å². The third kappa shape index (κ3) is 1.74. The lowest BCUT2D eigenvalue weighted by atomic mass is 9.72. The van der Waals surface area contributed by atoms with Gasteiger partial charge in [-0.15, -0.1) is 0 Å². The molecule has 0 aliphatic heterocycles. The second-order valence-corrected chi connectivity index (χ2v) is 4.63. The van der Waals surface area contributed by atoms with E-state index in [1.165, 1.54) is 0 Å². The zero-order chi connectivity index (χ0) is 11.8. The lowest BCUT2D eigenvalue weighted by Gasteiger charge is -2.39. The van der Waals surface area contributed by atoms with Crippen molar-refractivity contribution in [3.05, 3.63) is 22.7 Å². The van der Waals surface area contributed by atoms with Crippen LogP contribution in [0, 0.1) is 0 Å². The third-order valence-electron chi connectivity index (χ3n) is 3.23. The molecule has 2 N–H and O–H groups in total. The molecule has 0 aromatic heterocycles. The predicted octanol–water partition coefficient (Wildman–Crippen LogP) is 2.70. The summed E-state index contributed by atoms with van der Waals surface area (Å²) in [7, 11) is 3.22. The van der Waals surface area contributed by atoms with Crippen LogP contribution in [-0.4, -0.2) is 14.2 Å². The first-order chi connectivity index (χ1) is 7.60. The molecule has 0 amide bonds. The van der Waals surface area contributed by atoms with Gasteiger partial charge in [-0.25, -0.2) is 0 Å². The smallest absolute Gasteiger partial charge is 0.165 e. The highest BCUT2D eigenvalue weighted by molar-refractivity contribution is 6.30. The SMILES string of the molecule is COc1cc(Cl)cc(C2(N)CCC2)c1OC. The largest absolute Gasteiger partial charge is 0.493 e. The summed E-state index contributed by atoms with van der Waals surface area (Å²) >= 11 is 6.05. The third-order valence-corrected chi connectivity index (χ3v) is 3.44. The van der Waals surface area contributed by atoms with Crippen LogP contribution in [0.3, 0.4) is 0 Å². The summed E-state index contributed by atoms with van der Waals surface area (Å²) in [6.45, 7) is 0. The van der Waals surface area contributed by atoms with Crippen LogP contribution >= 0.6 is 11.6 Å². The minimum Gasteiger partial charge on any atom is -0.493 e. The number of rotatable bonds is 3. The quantitative estimate of drug-likeness (QED) is 0.885. The number of hydrogen-bond acceptors (Lipinski definition) is 3. The second kappa shape index (κ2) is 4.15. The van der Waals surface area contributed by atoms with Crippen molar-refractivity contribution in [2.75, 3.05) is 14.2 Å². The van der Waals surface area contributed by atoms with Gasteiger partial charge in [0.05, 0.1) is 14.2 Å². The molecule has 2 rings (SSSR count). The summed E-state index contributed by atoms with van der Waals surface area (Å²) in [4.78, 5) is 0. The van der Waals surface area contributed by atoms with Crippen LogP contribution in [0.25, 0.3) is 0 Å². The van der Waals surface area contributed by atoms with Gasteiger partial charge in [-0.05, 0) is 25.3 Å². The van der Waals surface area contributed by atoms with E-state index in [2.05, 4.69) is 0 Å². The molecule has 1 saturated carbocycles. The zero-order valence-corrected chi connectivity index (χ0v) is 10.3. The standard InChI is InChI=1S/C12H16ClNO2/c1-15-10-7-8(13)6-9(11(10)16-2)12(14)4-3-5-12/h6-7H,3-5,14H2,1-2H3. The molecule has 1 aliphatic carbocycles. The lowest BCUT2D eigenvalue weighted by molar-refractivity contribution is 0.240. The van der Waals surface area contributed by atoms with Crippen molar-refractivity contribution in [3.8, 4) is 11.5 Å². The number of methoxy groups -OCH3 is 2. The Kier molecular flexibility index (Phi) is 3.00. The minimum absolute atomic E-state index is 0.302. The maximum atomic E-state index is 6.30. The molecule has 0 saturated heterocycles. The van der Waals surface area contributed by atoms with Gasteiger partial charge in [-0.3, -0.25) is 0 Å². The summed E-state index contributed by atoms with van der Waals surface area (Å²) in [6, 6.07) is 3.62. The van der Waals surface area contributed by atoms with E-state index in [1.807, 2.05) is 6.07 Å². The topological polar surface area (TPSA) is 44.5 Å². The fourth-order valence-electron chi connectivity index (χ4n) is 2.13. The van der Waals surface area contributed by atoms with Gasteiger partial charge in [-0.1, -0.05) is 11.6 Å². The number of benzene rings is 1. The molecule has 4 heteroatoms. The molecule has 0 atom stereocenters. The minimum atomic E-state index is -0.302. The average Bonchev–Trinajstić information content (AvgIpc) is 2.24. The van der Waals surface area contributed by atoms with Crippen molar-refractivity contribution in [2.24, 2.45) is 5.73 Å². The maximum absolute atomic E-state index is 6.30. The van der Waals surface area contributed by atoms with E-state index in [0.29, 0.717) is 16.5 Å². The number of hydrogen-bond donors (Lipinski definition) is 1. The molecule has 1 aromatic rings. The molecule has 88 valence electrons. The van der Waals surface area contributed by atoms with Crippen molar-refractivity contribution in [3.63, 3.8) is 0 Å². The molecular weight excluding hydrogens is 226 g/mol. The van der Waals surface area contributed by atoms with Gasteiger partial charge < -0.3 is 15.2 Å². The number of ether oxygens (including phenoxy) is 2. The Labute approximate surface area is 100 Å². The molecule has 1 aliphatic rings. The first-order valence-corrected chi connectivity index (χ1v) is 5.69. The Bertz CT molecular complexity index is 402. The molecule has 1 aromatic carbocycles. The van der Waals surface area contributed by atoms with Crippen LogP contribution in [0.15, 0.2) is 12.1 Å². The highest BCUT2D eigenvalue weighted by atomic mass is 35.5. The predicted molar refractivity (Wildman–Crippen MR) is 64.3 cm³/mol. The molecule has 1 fully saturated rings. The van der Waals surface area contributed by atoms with E-state index >= 15 is 0 Å². The Balaban J connectivity index is 2.53. The zero-order valence-electron chi connectivity index (χ0n) is 9.55. The molecular formula is C12H16ClNO2. The first kappa shape index (κ1) is 11.6. The summed E-state index contributed by atoms with van der Waals surface area (Å²) in [6.07, 6.45) is 3.08. The van der Waals surface area contributed by atoms with Gasteiger partial charge in [-0.2, -0.15) is 0 Å². The lowest BCUT2D eigenvalue weighted by Crippen LogP contribution is -2.43. The first-order valence-electron chi connectivity index (χ1n) is 5.31. The van der Waals surface area contributed by atoms with E-state index < -0.39 is 0 Å². The fourth-order valence-corrected chi connectivity index (χ4v) is 2.34. The number of halogens is 1. The van der Waals surface area contributed by atoms with Crippen LogP contribution in [0.1, 0.15) is 24.8 Å². The van der Waals surface area contributed by atoms with E-state index in [9.17, 15) is 0 Å². The second-order valence-electron chi connectivity index (χ2n) is 4.20. The van der Waals surface area contributed by atoms with Gasteiger partial charge in [0.1, 0.15) is 0 Å². The maximum Gasteiger partial charge on any atom is 0.165 e. The van der Waals surface area contributed by atoms with E-state index in [1.54, 1.807) is 20.3 Å². The van der Waals surface area contributed by atoms with Gasteiger partial charge >= 0.3 is 0 Å². The summed E-state index contributed by atoms with van der Waals surface area (Å²) in [5.74, 6) is 1.34. The van der Waals surface area contributed by atoms with Crippen molar-refractivity contribution >= 4 is 11.6 Å². The highest BCUT2D eigenvalue weighted by Crippen LogP contribution is 2.47. The van der Waals surface area contributed by atoms with Crippen LogP contribution in [-0.2, 0) is 5.54 Å². The van der Waals surface area contributed by atoms with E-state index in [4.69, 9.17) is 26.8 Å². The van der Waals surface area contributed by atoms with Crippen LogP contribution < -0.4 is 15.2 Å². The van der Waals surface area contributed by atoms with Crippen LogP contribution in [0.2, 0.25) is 5.02 Å². The number of nitrogens with two attached hydrogens (primary N) is 1. The molecule has 0 unspecified atom stereocenters. The molecule has 16 heavy (non-hydrogen) atoms. The monoisotopic (exact) mass is 241 g/mol. The normalized spacial score (nSPS) is 17.8. The Morgan fingerprint density at radius 2 is 1.94 bits per heavy atom. The van der Waals surface area contributed by atoms with E-state index in [0.717, 1.165) is 24.8 Å². The van der Waals surface area contributed by atoms with Crippen molar-refractivity contribution in [1.29, 1.82) is 0 Å². The van der Waals surface area contributed by atoms with Crippen molar-refractivity contribution in [2.45, 2.75) is 24.8 Å². The Hall–Kier alpha value is -0.930. The molecule has 0 bridgehead atoms. The van der Waals surface area contributed by atoms with Crippen LogP contribution in [0.4, 0.5) is 0 Å². The Morgan fingerprint density at radius 1 is 1.25 bits per heavy atom. The highest BCUT2D eigenvalue weighted by Gasteiger charge is 2.38. The molecule has 0 spiro atoms. The molecule has 3 nitrogen and oxygen atoms in total. The van der Waals surface area contributed by atoms with E-state index in [-0.39, 0.29) is 5.54 Å². The molecule has 0 heterocycles. The molecule has 0 radical (unpaired) electrons.